The quantitative estimate of drug-likeness (QED) is 0.812. The Morgan fingerprint density at radius 2 is 2.35 bits per heavy atom. The van der Waals surface area contributed by atoms with Crippen molar-refractivity contribution >= 4 is 0 Å². The van der Waals surface area contributed by atoms with Gasteiger partial charge in [0.05, 0.1) is 6.54 Å². The normalized spacial score (nSPS) is 18.0. The molecule has 0 bridgehead atoms. The van der Waals surface area contributed by atoms with Crippen molar-refractivity contribution in [2.45, 2.75) is 45.8 Å². The van der Waals surface area contributed by atoms with Gasteiger partial charge in [0.1, 0.15) is 5.82 Å². The Balaban J connectivity index is 1.71. The molecule has 1 N–H and O–H groups in total. The van der Waals surface area contributed by atoms with Crippen molar-refractivity contribution in [3.8, 4) is 0 Å². The molecule has 96 valence electrons. The summed E-state index contributed by atoms with van der Waals surface area (Å²) >= 11 is 0. The first-order valence-corrected chi connectivity index (χ1v) is 6.75. The minimum atomic E-state index is 0.622. The topological polar surface area (TPSA) is 33.1 Å². The zero-order valence-corrected chi connectivity index (χ0v) is 11.0. The van der Waals surface area contributed by atoms with Gasteiger partial charge < -0.3 is 9.88 Å². The lowest BCUT2D eigenvalue weighted by molar-refractivity contribution is 0.207. The van der Waals surface area contributed by atoms with Crippen LogP contribution < -0.4 is 5.32 Å². The molecule has 0 amide bonds. The molecule has 1 aliphatic heterocycles. The summed E-state index contributed by atoms with van der Waals surface area (Å²) in [5.74, 6) is 1.21. The summed E-state index contributed by atoms with van der Waals surface area (Å²) in [6.45, 7) is 10.0. The predicted molar refractivity (Wildman–Crippen MR) is 69.9 cm³/mol. The molecule has 17 heavy (non-hydrogen) atoms. The third kappa shape index (κ3) is 3.54. The molecule has 4 heteroatoms. The van der Waals surface area contributed by atoms with Crippen molar-refractivity contribution in [3.05, 3.63) is 18.2 Å². The van der Waals surface area contributed by atoms with Crippen molar-refractivity contribution < 1.29 is 0 Å². The van der Waals surface area contributed by atoms with Gasteiger partial charge >= 0.3 is 0 Å². The average molecular weight is 236 g/mol. The predicted octanol–water partition coefficient (Wildman–Crippen LogP) is 1.48. The van der Waals surface area contributed by atoms with E-state index in [1.807, 2.05) is 6.20 Å². The lowest BCUT2D eigenvalue weighted by Crippen LogP contribution is -2.37. The second-order valence-electron chi connectivity index (χ2n) is 4.96. The smallest absolute Gasteiger partial charge is 0.122 e. The Kier molecular flexibility index (Phi) is 4.57. The van der Waals surface area contributed by atoms with Crippen LogP contribution >= 0.6 is 0 Å². The highest BCUT2D eigenvalue weighted by atomic mass is 15.2. The van der Waals surface area contributed by atoms with Gasteiger partial charge in [-0.25, -0.2) is 4.98 Å². The minimum Gasteiger partial charge on any atom is -0.333 e. The van der Waals surface area contributed by atoms with Crippen molar-refractivity contribution in [1.82, 2.24) is 19.8 Å². The molecule has 0 saturated carbocycles. The van der Waals surface area contributed by atoms with Crippen LogP contribution in [-0.2, 0) is 13.1 Å². The number of fused-ring (bicyclic) bond motifs is 1. The molecule has 1 aromatic rings. The summed E-state index contributed by atoms with van der Waals surface area (Å²) in [5, 5.41) is 3.54. The number of imidazole rings is 1. The number of nitrogens with zero attached hydrogens (tertiary/aromatic N) is 3. The monoisotopic (exact) mass is 236 g/mol. The van der Waals surface area contributed by atoms with Crippen LogP contribution in [0.25, 0.3) is 0 Å². The van der Waals surface area contributed by atoms with Crippen LogP contribution in [0.5, 0.6) is 0 Å². The highest BCUT2D eigenvalue weighted by molar-refractivity contribution is 4.95. The number of rotatable bonds is 6. The fourth-order valence-corrected chi connectivity index (χ4v) is 2.28. The number of nitrogens with one attached hydrogen (secondary N) is 1. The summed E-state index contributed by atoms with van der Waals surface area (Å²) in [6, 6.07) is 0.622. The second-order valence-corrected chi connectivity index (χ2v) is 4.96. The molecule has 0 spiro atoms. The maximum Gasteiger partial charge on any atom is 0.122 e. The first-order chi connectivity index (χ1) is 8.29. The molecular formula is C13H24N4. The molecule has 1 aliphatic rings. The molecule has 4 nitrogen and oxygen atoms in total. The lowest BCUT2D eigenvalue weighted by Gasteiger charge is -2.28. The summed E-state index contributed by atoms with van der Waals surface area (Å²) in [7, 11) is 0. The summed E-state index contributed by atoms with van der Waals surface area (Å²) < 4.78 is 2.26. The van der Waals surface area contributed by atoms with Gasteiger partial charge in [0.25, 0.3) is 0 Å². The van der Waals surface area contributed by atoms with Crippen molar-refractivity contribution in [2.24, 2.45) is 0 Å². The molecule has 2 rings (SSSR count). The van der Waals surface area contributed by atoms with E-state index in [4.69, 9.17) is 0 Å². The maximum absolute atomic E-state index is 4.39. The first kappa shape index (κ1) is 12.6. The van der Waals surface area contributed by atoms with Crippen LogP contribution in [0.4, 0.5) is 0 Å². The fraction of sp³-hybridized carbons (Fsp3) is 0.769. The third-order valence-corrected chi connectivity index (χ3v) is 3.45. The molecule has 1 aromatic heterocycles. The SMILES string of the molecule is CCCNC(C)CCN1CCn2ccnc2C1. The van der Waals surface area contributed by atoms with Crippen LogP contribution in [0.1, 0.15) is 32.5 Å². The molecule has 0 aliphatic carbocycles. The largest absolute Gasteiger partial charge is 0.333 e. The number of aromatic nitrogens is 2. The van der Waals surface area contributed by atoms with E-state index in [2.05, 4.69) is 39.8 Å². The van der Waals surface area contributed by atoms with E-state index in [1.54, 1.807) is 0 Å². The zero-order chi connectivity index (χ0) is 12.1. The first-order valence-electron chi connectivity index (χ1n) is 6.75. The highest BCUT2D eigenvalue weighted by Crippen LogP contribution is 2.10. The van der Waals surface area contributed by atoms with Crippen molar-refractivity contribution in [2.75, 3.05) is 19.6 Å². The Morgan fingerprint density at radius 3 is 3.18 bits per heavy atom. The maximum atomic E-state index is 4.39. The van der Waals surface area contributed by atoms with Gasteiger partial charge in [-0.15, -0.1) is 0 Å². The van der Waals surface area contributed by atoms with E-state index < -0.39 is 0 Å². The van der Waals surface area contributed by atoms with Gasteiger partial charge in [-0.05, 0) is 26.3 Å². The van der Waals surface area contributed by atoms with Crippen molar-refractivity contribution in [3.63, 3.8) is 0 Å². The molecular weight excluding hydrogens is 212 g/mol. The van der Waals surface area contributed by atoms with Gasteiger partial charge in [-0.2, -0.15) is 0 Å². The van der Waals surface area contributed by atoms with E-state index in [0.29, 0.717) is 6.04 Å². The minimum absolute atomic E-state index is 0.622. The van der Waals surface area contributed by atoms with Crippen molar-refractivity contribution in [1.29, 1.82) is 0 Å². The molecule has 1 atom stereocenters. The Hall–Kier alpha value is -0.870. The van der Waals surface area contributed by atoms with Gasteiger partial charge in [-0.1, -0.05) is 6.92 Å². The van der Waals surface area contributed by atoms with Gasteiger partial charge in [0.15, 0.2) is 0 Å². The standard InChI is InChI=1S/C13H24N4/c1-3-5-14-12(2)4-7-16-9-10-17-8-6-15-13(17)11-16/h6,8,12,14H,3-5,7,9-11H2,1-2H3. The van der Waals surface area contributed by atoms with E-state index in [9.17, 15) is 0 Å². The Bertz CT molecular complexity index is 334. The van der Waals surface area contributed by atoms with Crippen LogP contribution in [0.3, 0.4) is 0 Å². The van der Waals surface area contributed by atoms with E-state index >= 15 is 0 Å². The van der Waals surface area contributed by atoms with E-state index in [1.165, 1.54) is 25.2 Å². The third-order valence-electron chi connectivity index (χ3n) is 3.45. The lowest BCUT2D eigenvalue weighted by atomic mass is 10.2. The van der Waals surface area contributed by atoms with E-state index in [-0.39, 0.29) is 0 Å². The molecule has 0 radical (unpaired) electrons. The number of hydrogen-bond acceptors (Lipinski definition) is 3. The molecule has 2 heterocycles. The van der Waals surface area contributed by atoms with Crippen LogP contribution in [0.2, 0.25) is 0 Å². The van der Waals surface area contributed by atoms with Crippen LogP contribution in [-0.4, -0.2) is 40.1 Å². The molecule has 1 unspecified atom stereocenters. The summed E-state index contributed by atoms with van der Waals surface area (Å²) in [4.78, 5) is 6.90. The van der Waals surface area contributed by atoms with Crippen LogP contribution in [0, 0.1) is 0 Å². The second kappa shape index (κ2) is 6.17. The average Bonchev–Trinajstić information content (AvgIpc) is 2.81. The fourth-order valence-electron chi connectivity index (χ4n) is 2.28. The van der Waals surface area contributed by atoms with Gasteiger partial charge in [0.2, 0.25) is 0 Å². The Morgan fingerprint density at radius 1 is 1.47 bits per heavy atom. The number of hydrogen-bond donors (Lipinski definition) is 1. The summed E-state index contributed by atoms with van der Waals surface area (Å²) in [6.07, 6.45) is 6.43. The molecule has 0 fully saturated rings. The zero-order valence-electron chi connectivity index (χ0n) is 11.0. The Labute approximate surface area is 104 Å². The van der Waals surface area contributed by atoms with Gasteiger partial charge in [-0.3, -0.25) is 4.90 Å². The molecule has 0 saturated heterocycles. The highest BCUT2D eigenvalue weighted by Gasteiger charge is 2.16. The van der Waals surface area contributed by atoms with Gasteiger partial charge in [0, 0.05) is 38.1 Å². The van der Waals surface area contributed by atoms with E-state index in [0.717, 1.165) is 26.2 Å². The summed E-state index contributed by atoms with van der Waals surface area (Å²) in [5.41, 5.74) is 0. The molecule has 0 aromatic carbocycles. The van der Waals surface area contributed by atoms with Crippen LogP contribution in [0.15, 0.2) is 12.4 Å².